The second-order valence-corrected chi connectivity index (χ2v) is 5.01. The van der Waals surface area contributed by atoms with E-state index in [0.717, 1.165) is 24.8 Å². The summed E-state index contributed by atoms with van der Waals surface area (Å²) < 4.78 is 5.96. The Morgan fingerprint density at radius 3 is 2.89 bits per heavy atom. The van der Waals surface area contributed by atoms with Gasteiger partial charge in [0.1, 0.15) is 11.7 Å². The van der Waals surface area contributed by atoms with Crippen molar-refractivity contribution in [1.82, 2.24) is 10.3 Å². The third-order valence-electron chi connectivity index (χ3n) is 3.71. The molecule has 0 aromatic carbocycles. The number of ether oxygens (including phenoxy) is 1. The Balaban J connectivity index is 2.22. The summed E-state index contributed by atoms with van der Waals surface area (Å²) in [6.45, 7) is 1.84. The molecule has 1 heterocycles. The van der Waals surface area contributed by atoms with Crippen molar-refractivity contribution >= 4 is 5.91 Å². The molecule has 5 nitrogen and oxygen atoms in total. The van der Waals surface area contributed by atoms with Crippen LogP contribution < -0.4 is 15.8 Å². The van der Waals surface area contributed by atoms with Crippen molar-refractivity contribution in [2.24, 2.45) is 5.73 Å². The van der Waals surface area contributed by atoms with E-state index in [1.807, 2.05) is 14.0 Å². The van der Waals surface area contributed by atoms with E-state index in [9.17, 15) is 4.79 Å². The number of nitrogens with one attached hydrogen (secondary N) is 1. The number of pyridine rings is 1. The predicted molar refractivity (Wildman–Crippen MR) is 73.2 cm³/mol. The Morgan fingerprint density at radius 1 is 1.47 bits per heavy atom. The minimum Gasteiger partial charge on any atom is -0.472 e. The number of carbonyl (C=O) groups excluding carboxylic acids is 1. The zero-order chi connectivity index (χ0) is 13.8. The van der Waals surface area contributed by atoms with Gasteiger partial charge in [0.2, 0.25) is 5.88 Å². The molecule has 0 saturated heterocycles. The second kappa shape index (κ2) is 6.02. The lowest BCUT2D eigenvalue weighted by molar-refractivity contribution is 0.0958. The van der Waals surface area contributed by atoms with Gasteiger partial charge < -0.3 is 15.8 Å². The van der Waals surface area contributed by atoms with Gasteiger partial charge in [0, 0.05) is 12.2 Å². The maximum atomic E-state index is 11.5. The van der Waals surface area contributed by atoms with Gasteiger partial charge in [0.05, 0.1) is 0 Å². The summed E-state index contributed by atoms with van der Waals surface area (Å²) in [6, 6.07) is 2.07. The molecule has 1 saturated carbocycles. The van der Waals surface area contributed by atoms with Crippen LogP contribution in [-0.4, -0.2) is 30.1 Å². The van der Waals surface area contributed by atoms with Gasteiger partial charge in [-0.05, 0) is 44.9 Å². The number of hydrogen-bond acceptors (Lipinski definition) is 4. The van der Waals surface area contributed by atoms with E-state index in [0.29, 0.717) is 17.5 Å². The molecule has 1 amide bonds. The van der Waals surface area contributed by atoms with Crippen LogP contribution >= 0.6 is 0 Å². The number of carbonyl (C=O) groups is 1. The monoisotopic (exact) mass is 263 g/mol. The minimum atomic E-state index is -0.489. The number of aryl methyl sites for hydroxylation is 1. The summed E-state index contributed by atoms with van der Waals surface area (Å²) in [7, 11) is 1.94. The van der Waals surface area contributed by atoms with Gasteiger partial charge in [-0.25, -0.2) is 4.98 Å². The Morgan fingerprint density at radius 2 is 2.21 bits per heavy atom. The van der Waals surface area contributed by atoms with Crippen molar-refractivity contribution in [1.29, 1.82) is 0 Å². The lowest BCUT2D eigenvalue weighted by Crippen LogP contribution is -2.43. The van der Waals surface area contributed by atoms with Gasteiger partial charge >= 0.3 is 0 Å². The fourth-order valence-electron chi connectivity index (χ4n) is 2.63. The van der Waals surface area contributed by atoms with Crippen molar-refractivity contribution in [3.05, 3.63) is 23.4 Å². The Bertz CT molecular complexity index is 462. The number of likely N-dealkylation sites (N-methyl/N-ethyl adjacent to an activating group) is 1. The molecule has 2 atom stereocenters. The molecule has 1 aliphatic rings. The van der Waals surface area contributed by atoms with Crippen LogP contribution in [0, 0.1) is 6.92 Å². The highest BCUT2D eigenvalue weighted by Crippen LogP contribution is 2.26. The zero-order valence-electron chi connectivity index (χ0n) is 11.5. The minimum absolute atomic E-state index is 0.0474. The van der Waals surface area contributed by atoms with Gasteiger partial charge in [-0.2, -0.15) is 0 Å². The van der Waals surface area contributed by atoms with Gasteiger partial charge in [0.25, 0.3) is 5.91 Å². The van der Waals surface area contributed by atoms with Gasteiger partial charge in [-0.15, -0.1) is 0 Å². The van der Waals surface area contributed by atoms with Gasteiger partial charge in [0.15, 0.2) is 0 Å². The molecule has 19 heavy (non-hydrogen) atoms. The van der Waals surface area contributed by atoms with E-state index in [1.54, 1.807) is 12.3 Å². The zero-order valence-corrected chi connectivity index (χ0v) is 11.5. The standard InChI is InChI=1S/C14H21N3O2/c1-9-7-8-17-14(12(9)13(15)18)19-11-6-4-3-5-10(11)16-2/h7-8,10-11,16H,3-6H2,1-2H3,(H2,15,18). The van der Waals surface area contributed by atoms with Crippen LogP contribution in [0.4, 0.5) is 0 Å². The molecule has 1 fully saturated rings. The maximum absolute atomic E-state index is 11.5. The van der Waals surface area contributed by atoms with Gasteiger partial charge in [-0.3, -0.25) is 4.79 Å². The van der Waals surface area contributed by atoms with E-state index in [4.69, 9.17) is 10.5 Å². The van der Waals surface area contributed by atoms with E-state index in [2.05, 4.69) is 10.3 Å². The van der Waals surface area contributed by atoms with Crippen molar-refractivity contribution < 1.29 is 9.53 Å². The molecule has 3 N–H and O–H groups in total. The lowest BCUT2D eigenvalue weighted by atomic mass is 9.92. The first kappa shape index (κ1) is 13.8. The first-order chi connectivity index (χ1) is 9.13. The number of primary amides is 1. The SMILES string of the molecule is CNC1CCCCC1Oc1nccc(C)c1C(N)=O. The molecule has 0 radical (unpaired) electrons. The number of aromatic nitrogens is 1. The van der Waals surface area contributed by atoms with Crippen molar-refractivity contribution in [3.8, 4) is 5.88 Å². The van der Waals surface area contributed by atoms with E-state index >= 15 is 0 Å². The molecule has 0 spiro atoms. The molecule has 104 valence electrons. The Hall–Kier alpha value is -1.62. The summed E-state index contributed by atoms with van der Waals surface area (Å²) in [5, 5.41) is 3.27. The fraction of sp³-hybridized carbons (Fsp3) is 0.571. The van der Waals surface area contributed by atoms with Crippen LogP contribution in [0.15, 0.2) is 12.3 Å². The quantitative estimate of drug-likeness (QED) is 0.860. The summed E-state index contributed by atoms with van der Waals surface area (Å²) in [5.74, 6) is -0.128. The maximum Gasteiger partial charge on any atom is 0.254 e. The molecule has 0 bridgehead atoms. The highest BCUT2D eigenvalue weighted by Gasteiger charge is 2.27. The molecule has 5 heteroatoms. The summed E-state index contributed by atoms with van der Waals surface area (Å²) in [5.41, 5.74) is 6.61. The second-order valence-electron chi connectivity index (χ2n) is 5.01. The van der Waals surface area contributed by atoms with Crippen LogP contribution in [0.25, 0.3) is 0 Å². The van der Waals surface area contributed by atoms with Crippen LogP contribution in [0.5, 0.6) is 5.88 Å². The smallest absolute Gasteiger partial charge is 0.254 e. The van der Waals surface area contributed by atoms with Crippen molar-refractivity contribution in [3.63, 3.8) is 0 Å². The molecule has 1 aromatic rings. The average molecular weight is 263 g/mol. The molecule has 2 rings (SSSR count). The first-order valence-electron chi connectivity index (χ1n) is 6.72. The van der Waals surface area contributed by atoms with Crippen molar-refractivity contribution in [2.75, 3.05) is 7.05 Å². The normalized spacial score (nSPS) is 23.1. The highest BCUT2D eigenvalue weighted by atomic mass is 16.5. The topological polar surface area (TPSA) is 77.2 Å². The van der Waals surface area contributed by atoms with Crippen LogP contribution in [-0.2, 0) is 0 Å². The molecule has 0 aliphatic heterocycles. The largest absolute Gasteiger partial charge is 0.472 e. The summed E-state index contributed by atoms with van der Waals surface area (Å²) in [4.78, 5) is 15.7. The molecular weight excluding hydrogens is 242 g/mol. The third kappa shape index (κ3) is 3.04. The van der Waals surface area contributed by atoms with Crippen molar-refractivity contribution in [2.45, 2.75) is 44.8 Å². The highest BCUT2D eigenvalue weighted by molar-refractivity contribution is 5.96. The average Bonchev–Trinajstić information content (AvgIpc) is 2.39. The number of nitrogens with two attached hydrogens (primary N) is 1. The first-order valence-corrected chi connectivity index (χ1v) is 6.72. The number of hydrogen-bond donors (Lipinski definition) is 2. The van der Waals surface area contributed by atoms with Crippen LogP contribution in [0.2, 0.25) is 0 Å². The van der Waals surface area contributed by atoms with E-state index in [-0.39, 0.29) is 6.10 Å². The molecular formula is C14H21N3O2. The van der Waals surface area contributed by atoms with Gasteiger partial charge in [-0.1, -0.05) is 6.42 Å². The third-order valence-corrected chi connectivity index (χ3v) is 3.71. The van der Waals surface area contributed by atoms with Crippen LogP contribution in [0.1, 0.15) is 41.6 Å². The molecule has 1 aromatic heterocycles. The Labute approximate surface area is 113 Å². The summed E-state index contributed by atoms with van der Waals surface area (Å²) >= 11 is 0. The number of nitrogens with zero attached hydrogens (tertiary/aromatic N) is 1. The number of rotatable bonds is 4. The van der Waals surface area contributed by atoms with E-state index < -0.39 is 5.91 Å². The molecule has 1 aliphatic carbocycles. The Kier molecular flexibility index (Phi) is 4.37. The molecule has 2 unspecified atom stereocenters. The summed E-state index contributed by atoms with van der Waals surface area (Å²) in [6.07, 6.45) is 6.09. The fourth-order valence-corrected chi connectivity index (χ4v) is 2.63. The van der Waals surface area contributed by atoms with Crippen LogP contribution in [0.3, 0.4) is 0 Å². The predicted octanol–water partition coefficient (Wildman–Crippen LogP) is 1.40. The van der Waals surface area contributed by atoms with E-state index in [1.165, 1.54) is 6.42 Å². The number of amides is 1. The lowest BCUT2D eigenvalue weighted by Gasteiger charge is -2.31.